The minimum atomic E-state index is -0.539. The van der Waals surface area contributed by atoms with E-state index >= 15 is 0 Å². The molecule has 1 aromatic heterocycles. The van der Waals surface area contributed by atoms with Gasteiger partial charge in [0.25, 0.3) is 5.69 Å². The van der Waals surface area contributed by atoms with Gasteiger partial charge in [0.05, 0.1) is 11.1 Å². The molecule has 1 saturated heterocycles. The summed E-state index contributed by atoms with van der Waals surface area (Å²) >= 11 is 0. The second-order valence-corrected chi connectivity index (χ2v) is 7.19. The number of benzene rings is 2. The fraction of sp³-hybridized carbons (Fsp3) is 0.238. The van der Waals surface area contributed by atoms with Gasteiger partial charge in [0.15, 0.2) is 0 Å². The summed E-state index contributed by atoms with van der Waals surface area (Å²) in [6, 6.07) is 13.2. The Morgan fingerprint density at radius 2 is 1.78 bits per heavy atom. The van der Waals surface area contributed by atoms with Gasteiger partial charge in [0.2, 0.25) is 17.8 Å². The Balaban J connectivity index is 1.58. The van der Waals surface area contributed by atoms with Crippen LogP contribution >= 0.6 is 0 Å². The second-order valence-electron chi connectivity index (χ2n) is 7.19. The molecule has 11 heteroatoms. The van der Waals surface area contributed by atoms with Crippen LogP contribution in [0.15, 0.2) is 53.6 Å². The number of hydrogen-bond donors (Lipinski definition) is 3. The third kappa shape index (κ3) is 5.25. The Bertz CT molecular complexity index is 1120. The first-order valence-corrected chi connectivity index (χ1v) is 10.2. The minimum Gasteiger partial charge on any atom is -0.507 e. The van der Waals surface area contributed by atoms with Gasteiger partial charge in [-0.15, -0.1) is 0 Å². The van der Waals surface area contributed by atoms with Crippen molar-refractivity contribution >= 4 is 35.4 Å². The maximum atomic E-state index is 11.0. The Kier molecular flexibility index (Phi) is 6.35. The number of nitrogens with one attached hydrogen (secondary N) is 2. The molecule has 2 heterocycles. The van der Waals surface area contributed by atoms with E-state index in [0.29, 0.717) is 11.9 Å². The predicted molar refractivity (Wildman–Crippen MR) is 122 cm³/mol. The molecular weight excluding hydrogens is 412 g/mol. The molecule has 0 bridgehead atoms. The number of aromatic nitrogens is 3. The van der Waals surface area contributed by atoms with E-state index in [4.69, 9.17) is 0 Å². The fourth-order valence-electron chi connectivity index (χ4n) is 3.28. The lowest BCUT2D eigenvalue weighted by molar-refractivity contribution is -0.384. The van der Waals surface area contributed by atoms with E-state index in [9.17, 15) is 15.2 Å². The third-order valence-electron chi connectivity index (χ3n) is 4.88. The van der Waals surface area contributed by atoms with E-state index in [0.717, 1.165) is 31.6 Å². The van der Waals surface area contributed by atoms with Gasteiger partial charge >= 0.3 is 0 Å². The van der Waals surface area contributed by atoms with Crippen molar-refractivity contribution in [3.8, 4) is 5.75 Å². The van der Waals surface area contributed by atoms with Gasteiger partial charge in [-0.25, -0.2) is 5.43 Å². The van der Waals surface area contributed by atoms with Crippen molar-refractivity contribution in [2.45, 2.75) is 19.3 Å². The predicted octanol–water partition coefficient (Wildman–Crippen LogP) is 3.67. The number of rotatable bonds is 7. The number of nitro benzene ring substituents is 1. The number of non-ortho nitro benzene ring substituents is 1. The SMILES string of the molecule is O=[N+]([O-])c1ccc(O)c(/C=N\Nc2nc(Nc3ccccc3)nc(N3CCCCC3)n2)c1. The van der Waals surface area contributed by atoms with Crippen LogP contribution in [-0.2, 0) is 0 Å². The third-order valence-corrected chi connectivity index (χ3v) is 4.88. The number of hydrogen-bond acceptors (Lipinski definition) is 10. The smallest absolute Gasteiger partial charge is 0.270 e. The number of anilines is 4. The average molecular weight is 434 g/mol. The van der Waals surface area contributed by atoms with E-state index in [-0.39, 0.29) is 22.9 Å². The molecule has 164 valence electrons. The Morgan fingerprint density at radius 1 is 1.03 bits per heavy atom. The van der Waals surface area contributed by atoms with Gasteiger partial charge < -0.3 is 15.3 Å². The first-order chi connectivity index (χ1) is 15.6. The first-order valence-electron chi connectivity index (χ1n) is 10.2. The van der Waals surface area contributed by atoms with E-state index in [1.165, 1.54) is 30.8 Å². The Labute approximate surface area is 184 Å². The summed E-state index contributed by atoms with van der Waals surface area (Å²) in [5.41, 5.74) is 3.61. The van der Waals surface area contributed by atoms with Crippen molar-refractivity contribution in [3.63, 3.8) is 0 Å². The summed E-state index contributed by atoms with van der Waals surface area (Å²) in [4.78, 5) is 25.9. The molecule has 4 rings (SSSR count). The van der Waals surface area contributed by atoms with Crippen molar-refractivity contribution in [2.24, 2.45) is 5.10 Å². The van der Waals surface area contributed by atoms with Crippen LogP contribution in [0.2, 0.25) is 0 Å². The second kappa shape index (κ2) is 9.69. The van der Waals surface area contributed by atoms with Gasteiger partial charge in [-0.05, 0) is 37.5 Å². The molecule has 0 spiro atoms. The molecule has 0 unspecified atom stereocenters. The largest absolute Gasteiger partial charge is 0.507 e. The summed E-state index contributed by atoms with van der Waals surface area (Å²) in [6.07, 6.45) is 4.59. The zero-order chi connectivity index (χ0) is 22.3. The van der Waals surface area contributed by atoms with E-state index in [2.05, 4.69) is 35.7 Å². The molecule has 11 nitrogen and oxygen atoms in total. The van der Waals surface area contributed by atoms with Gasteiger partial charge in [0, 0.05) is 36.5 Å². The maximum Gasteiger partial charge on any atom is 0.270 e. The number of aromatic hydroxyl groups is 1. The van der Waals surface area contributed by atoms with E-state index in [1.807, 2.05) is 30.3 Å². The van der Waals surface area contributed by atoms with Gasteiger partial charge in [-0.1, -0.05) is 18.2 Å². The summed E-state index contributed by atoms with van der Waals surface area (Å²) in [7, 11) is 0. The van der Waals surface area contributed by atoms with Crippen molar-refractivity contribution in [2.75, 3.05) is 28.7 Å². The number of phenols is 1. The van der Waals surface area contributed by atoms with Crippen LogP contribution in [0.3, 0.4) is 0 Å². The molecule has 1 aliphatic heterocycles. The molecule has 2 aromatic carbocycles. The van der Waals surface area contributed by atoms with Crippen molar-refractivity contribution < 1.29 is 10.0 Å². The molecular formula is C21H22N8O3. The van der Waals surface area contributed by atoms with E-state index in [1.54, 1.807) is 0 Å². The molecule has 32 heavy (non-hydrogen) atoms. The lowest BCUT2D eigenvalue weighted by atomic mass is 10.1. The summed E-state index contributed by atoms with van der Waals surface area (Å²) in [5, 5.41) is 28.1. The number of phenolic OH excluding ortho intramolecular Hbond substituents is 1. The van der Waals surface area contributed by atoms with Crippen LogP contribution in [0.1, 0.15) is 24.8 Å². The highest BCUT2D eigenvalue weighted by Crippen LogP contribution is 2.22. The average Bonchev–Trinajstić information content (AvgIpc) is 2.81. The number of piperidine rings is 1. The van der Waals surface area contributed by atoms with Crippen molar-refractivity contribution in [1.29, 1.82) is 0 Å². The highest BCUT2D eigenvalue weighted by molar-refractivity contribution is 5.84. The lowest BCUT2D eigenvalue weighted by Gasteiger charge is -2.26. The fourth-order valence-corrected chi connectivity index (χ4v) is 3.28. The highest BCUT2D eigenvalue weighted by Gasteiger charge is 2.16. The molecule has 1 fully saturated rings. The number of nitrogens with zero attached hydrogens (tertiary/aromatic N) is 6. The summed E-state index contributed by atoms with van der Waals surface area (Å²) < 4.78 is 0. The summed E-state index contributed by atoms with van der Waals surface area (Å²) in [5.74, 6) is 0.981. The molecule has 1 aliphatic rings. The normalized spacial score (nSPS) is 13.8. The highest BCUT2D eigenvalue weighted by atomic mass is 16.6. The number of nitro groups is 1. The van der Waals surface area contributed by atoms with Gasteiger partial charge in [0.1, 0.15) is 5.75 Å². The minimum absolute atomic E-state index is 0.128. The van der Waals surface area contributed by atoms with Gasteiger partial charge in [-0.3, -0.25) is 10.1 Å². The molecule has 0 aliphatic carbocycles. The number of hydrazone groups is 1. The summed E-state index contributed by atoms with van der Waals surface area (Å²) in [6.45, 7) is 1.72. The maximum absolute atomic E-state index is 11.0. The molecule has 0 saturated carbocycles. The van der Waals surface area contributed by atoms with Gasteiger partial charge in [-0.2, -0.15) is 20.1 Å². The number of para-hydroxylation sites is 1. The van der Waals surface area contributed by atoms with Crippen LogP contribution in [0.25, 0.3) is 0 Å². The molecule has 3 N–H and O–H groups in total. The van der Waals surface area contributed by atoms with E-state index < -0.39 is 4.92 Å². The monoisotopic (exact) mass is 434 g/mol. The molecule has 0 atom stereocenters. The van der Waals surface area contributed by atoms with Crippen molar-refractivity contribution in [1.82, 2.24) is 15.0 Å². The zero-order valence-electron chi connectivity index (χ0n) is 17.2. The molecule has 3 aromatic rings. The quantitative estimate of drug-likeness (QED) is 0.288. The van der Waals surface area contributed by atoms with Crippen LogP contribution in [0.5, 0.6) is 5.75 Å². The molecule has 0 radical (unpaired) electrons. The lowest BCUT2D eigenvalue weighted by Crippen LogP contribution is -2.31. The van der Waals surface area contributed by atoms with Crippen LogP contribution in [0.4, 0.5) is 29.2 Å². The standard InChI is InChI=1S/C21H22N8O3/c30-18-10-9-17(29(31)32)13-15(18)14-22-27-20-24-19(23-16-7-3-1-4-8-16)25-21(26-20)28-11-5-2-6-12-28/h1,3-4,7-10,13-14,30H,2,5-6,11-12H2,(H2,23,24,25,26,27)/b22-14-. The van der Waals surface area contributed by atoms with Crippen LogP contribution in [0, 0.1) is 10.1 Å². The zero-order valence-corrected chi connectivity index (χ0v) is 17.2. The van der Waals surface area contributed by atoms with Crippen molar-refractivity contribution in [3.05, 3.63) is 64.2 Å². The first kappa shape index (κ1) is 21.0. The van der Waals surface area contributed by atoms with Crippen LogP contribution < -0.4 is 15.6 Å². The Hall–Kier alpha value is -4.28. The molecule has 0 amide bonds. The Morgan fingerprint density at radius 3 is 2.53 bits per heavy atom. The van der Waals surface area contributed by atoms with Crippen LogP contribution in [-0.4, -0.2) is 44.3 Å². The topological polar surface area (TPSA) is 142 Å².